The summed E-state index contributed by atoms with van der Waals surface area (Å²) in [5, 5.41) is 2.62. The molecule has 110 valence electrons. The van der Waals surface area contributed by atoms with Crippen molar-refractivity contribution < 1.29 is 17.9 Å². The molecule has 1 fully saturated rings. The Kier molecular flexibility index (Phi) is 4.66. The maximum absolute atomic E-state index is 12.4. The summed E-state index contributed by atoms with van der Waals surface area (Å²) in [4.78, 5) is 11.4. The Morgan fingerprint density at radius 1 is 1.40 bits per heavy atom. The van der Waals surface area contributed by atoms with Crippen molar-refractivity contribution >= 4 is 32.0 Å². The molecule has 1 aromatic rings. The fourth-order valence-corrected chi connectivity index (χ4v) is 3.81. The molecule has 1 saturated heterocycles. The van der Waals surface area contributed by atoms with Crippen molar-refractivity contribution in [2.45, 2.75) is 17.4 Å². The highest BCUT2D eigenvalue weighted by Gasteiger charge is 2.33. The van der Waals surface area contributed by atoms with Gasteiger partial charge in [0.05, 0.1) is 12.0 Å². The van der Waals surface area contributed by atoms with E-state index < -0.39 is 16.1 Å². The van der Waals surface area contributed by atoms with Crippen LogP contribution in [0.5, 0.6) is 0 Å². The third-order valence-corrected chi connectivity index (χ3v) is 5.52. The van der Waals surface area contributed by atoms with Crippen LogP contribution in [0.2, 0.25) is 0 Å². The molecule has 1 amide bonds. The molecule has 1 unspecified atom stereocenters. The lowest BCUT2D eigenvalue weighted by Gasteiger charge is -2.17. The second-order valence-corrected chi connectivity index (χ2v) is 7.29. The molecular weight excluding hydrogens is 348 g/mol. The molecule has 1 aromatic carbocycles. The zero-order valence-corrected chi connectivity index (χ0v) is 13.3. The molecule has 8 heteroatoms. The number of methoxy groups -OCH3 is 1. The molecule has 0 aromatic heterocycles. The number of amides is 1. The minimum absolute atomic E-state index is 0.215. The molecule has 0 saturated carbocycles. The average molecular weight is 363 g/mol. The van der Waals surface area contributed by atoms with Gasteiger partial charge in [0.25, 0.3) is 0 Å². The van der Waals surface area contributed by atoms with E-state index in [1.54, 1.807) is 24.3 Å². The Labute approximate surface area is 126 Å². The first-order chi connectivity index (χ1) is 9.43. The SMILES string of the molecule is COC(=O)NC1CCN(S(=O)(=O)c2ccc(Br)cc2)C1. The molecule has 1 aliphatic rings. The molecular formula is C12H15BrN2O4S. The van der Waals surface area contributed by atoms with Crippen molar-refractivity contribution in [2.24, 2.45) is 0 Å². The third-order valence-electron chi connectivity index (χ3n) is 3.11. The van der Waals surface area contributed by atoms with Crippen LogP contribution in [0.1, 0.15) is 6.42 Å². The van der Waals surface area contributed by atoms with Crippen LogP contribution in [0.3, 0.4) is 0 Å². The Bertz CT molecular complexity index is 588. The van der Waals surface area contributed by atoms with E-state index >= 15 is 0 Å². The van der Waals surface area contributed by atoms with Crippen LogP contribution in [0.4, 0.5) is 4.79 Å². The molecule has 0 radical (unpaired) electrons. The van der Waals surface area contributed by atoms with Gasteiger partial charge in [-0.25, -0.2) is 13.2 Å². The molecule has 2 rings (SSSR count). The first kappa shape index (κ1) is 15.3. The van der Waals surface area contributed by atoms with Crippen molar-refractivity contribution in [3.8, 4) is 0 Å². The number of ether oxygens (including phenoxy) is 1. The number of benzene rings is 1. The number of carbonyl (C=O) groups is 1. The summed E-state index contributed by atoms with van der Waals surface area (Å²) >= 11 is 3.27. The Hall–Kier alpha value is -1.12. The first-order valence-corrected chi connectivity index (χ1v) is 8.27. The van der Waals surface area contributed by atoms with E-state index in [0.29, 0.717) is 13.0 Å². The van der Waals surface area contributed by atoms with Gasteiger partial charge in [-0.2, -0.15) is 4.31 Å². The van der Waals surface area contributed by atoms with Crippen LogP contribution < -0.4 is 5.32 Å². The highest BCUT2D eigenvalue weighted by molar-refractivity contribution is 9.10. The standard InChI is InChI=1S/C12H15BrN2O4S/c1-19-12(16)14-10-6-7-15(8-10)20(17,18)11-4-2-9(13)3-5-11/h2-5,10H,6-8H2,1H3,(H,14,16). The number of rotatable bonds is 3. The van der Waals surface area contributed by atoms with Gasteiger partial charge < -0.3 is 10.1 Å². The van der Waals surface area contributed by atoms with Crippen molar-refractivity contribution in [1.29, 1.82) is 0 Å². The van der Waals surface area contributed by atoms with Gasteiger partial charge in [-0.3, -0.25) is 0 Å². The number of hydrogen-bond acceptors (Lipinski definition) is 4. The first-order valence-electron chi connectivity index (χ1n) is 6.03. The summed E-state index contributed by atoms with van der Waals surface area (Å²) in [5.41, 5.74) is 0. The van der Waals surface area contributed by atoms with Gasteiger partial charge in [0, 0.05) is 23.6 Å². The lowest BCUT2D eigenvalue weighted by molar-refractivity contribution is 0.167. The lowest BCUT2D eigenvalue weighted by Crippen LogP contribution is -2.38. The molecule has 20 heavy (non-hydrogen) atoms. The largest absolute Gasteiger partial charge is 0.453 e. The number of hydrogen-bond donors (Lipinski definition) is 1. The number of sulfonamides is 1. The monoisotopic (exact) mass is 362 g/mol. The summed E-state index contributed by atoms with van der Waals surface area (Å²) in [6.07, 6.45) is 0.0306. The number of carbonyl (C=O) groups excluding carboxylic acids is 1. The summed E-state index contributed by atoms with van der Waals surface area (Å²) < 4.78 is 31.5. The number of halogens is 1. The van der Waals surface area contributed by atoms with E-state index in [9.17, 15) is 13.2 Å². The minimum Gasteiger partial charge on any atom is -0.453 e. The summed E-state index contributed by atoms with van der Waals surface area (Å²) in [5.74, 6) is 0. The molecule has 0 spiro atoms. The number of nitrogens with one attached hydrogen (secondary N) is 1. The van der Waals surface area contributed by atoms with E-state index in [2.05, 4.69) is 26.0 Å². The quantitative estimate of drug-likeness (QED) is 0.885. The molecule has 0 aliphatic carbocycles. The summed E-state index contributed by atoms with van der Waals surface area (Å²) in [6.45, 7) is 0.639. The second kappa shape index (κ2) is 6.11. The van der Waals surface area contributed by atoms with Crippen LogP contribution in [0, 0.1) is 0 Å². The van der Waals surface area contributed by atoms with Crippen molar-refractivity contribution in [2.75, 3.05) is 20.2 Å². The van der Waals surface area contributed by atoms with E-state index in [1.165, 1.54) is 11.4 Å². The van der Waals surface area contributed by atoms with E-state index in [-0.39, 0.29) is 17.5 Å². The second-order valence-electron chi connectivity index (χ2n) is 4.44. The molecule has 1 N–H and O–H groups in total. The predicted molar refractivity (Wildman–Crippen MR) is 76.8 cm³/mol. The Morgan fingerprint density at radius 2 is 2.05 bits per heavy atom. The molecule has 1 atom stereocenters. The smallest absolute Gasteiger partial charge is 0.407 e. The summed E-state index contributed by atoms with van der Waals surface area (Å²) in [7, 11) is -2.23. The maximum atomic E-state index is 12.4. The van der Waals surface area contributed by atoms with Gasteiger partial charge >= 0.3 is 6.09 Å². The maximum Gasteiger partial charge on any atom is 0.407 e. The average Bonchev–Trinajstić information content (AvgIpc) is 2.88. The normalized spacial score (nSPS) is 19.8. The van der Waals surface area contributed by atoms with Crippen LogP contribution in [0.15, 0.2) is 33.6 Å². The third kappa shape index (κ3) is 3.31. The fraction of sp³-hybridized carbons (Fsp3) is 0.417. The van der Waals surface area contributed by atoms with Gasteiger partial charge in [0.2, 0.25) is 10.0 Å². The van der Waals surface area contributed by atoms with Gasteiger partial charge in [0.15, 0.2) is 0 Å². The zero-order valence-electron chi connectivity index (χ0n) is 10.9. The Balaban J connectivity index is 2.08. The topological polar surface area (TPSA) is 75.7 Å². The molecule has 1 heterocycles. The van der Waals surface area contributed by atoms with Crippen molar-refractivity contribution in [1.82, 2.24) is 9.62 Å². The van der Waals surface area contributed by atoms with E-state index in [1.807, 2.05) is 0 Å². The van der Waals surface area contributed by atoms with E-state index in [0.717, 1.165) is 4.47 Å². The molecule has 6 nitrogen and oxygen atoms in total. The Morgan fingerprint density at radius 3 is 2.65 bits per heavy atom. The lowest BCUT2D eigenvalue weighted by atomic mass is 10.3. The van der Waals surface area contributed by atoms with Crippen LogP contribution >= 0.6 is 15.9 Å². The van der Waals surface area contributed by atoms with Crippen molar-refractivity contribution in [3.05, 3.63) is 28.7 Å². The summed E-state index contributed by atoms with van der Waals surface area (Å²) in [6, 6.07) is 6.27. The van der Waals surface area contributed by atoms with Crippen molar-refractivity contribution in [3.63, 3.8) is 0 Å². The molecule has 1 aliphatic heterocycles. The minimum atomic E-state index is -3.51. The van der Waals surface area contributed by atoms with Crippen LogP contribution in [-0.2, 0) is 14.8 Å². The number of nitrogens with zero attached hydrogens (tertiary/aromatic N) is 1. The fourth-order valence-electron chi connectivity index (χ4n) is 2.05. The highest BCUT2D eigenvalue weighted by atomic mass is 79.9. The zero-order chi connectivity index (χ0) is 14.8. The van der Waals surface area contributed by atoms with Crippen LogP contribution in [0.25, 0.3) is 0 Å². The van der Waals surface area contributed by atoms with Gasteiger partial charge in [-0.15, -0.1) is 0 Å². The van der Waals surface area contributed by atoms with Gasteiger partial charge in [0.1, 0.15) is 0 Å². The van der Waals surface area contributed by atoms with E-state index in [4.69, 9.17) is 0 Å². The van der Waals surface area contributed by atoms with Crippen LogP contribution in [-0.4, -0.2) is 45.1 Å². The van der Waals surface area contributed by atoms with Gasteiger partial charge in [-0.1, -0.05) is 15.9 Å². The number of alkyl carbamates (subject to hydrolysis) is 1. The van der Waals surface area contributed by atoms with Gasteiger partial charge in [-0.05, 0) is 30.7 Å². The predicted octanol–water partition coefficient (Wildman–Crippen LogP) is 1.57. The molecule has 0 bridgehead atoms. The highest BCUT2D eigenvalue weighted by Crippen LogP contribution is 2.22.